The summed E-state index contributed by atoms with van der Waals surface area (Å²) in [6, 6.07) is 7.83. The van der Waals surface area contributed by atoms with Crippen molar-refractivity contribution in [2.45, 2.75) is 94.0 Å². The SMILES string of the molecule is CC.CC.CC.CC(C)OC(=O)[C@H](C)N[P@](=O)(CO[C@H](C)Cn1cnc2c(N)ncnc21)Oc1ccccc1. The molecule has 0 radical (unpaired) electrons. The molecule has 1 aromatic carbocycles. The van der Waals surface area contributed by atoms with Gasteiger partial charge in [-0.2, -0.15) is 0 Å². The number of aromatic nitrogens is 4. The van der Waals surface area contributed by atoms with Gasteiger partial charge in [0.15, 0.2) is 11.5 Å². The van der Waals surface area contributed by atoms with Crippen LogP contribution in [-0.4, -0.2) is 50.1 Å². The van der Waals surface area contributed by atoms with Crippen LogP contribution in [0.2, 0.25) is 0 Å². The van der Waals surface area contributed by atoms with Crippen molar-refractivity contribution in [1.82, 2.24) is 24.6 Å². The second-order valence-corrected chi connectivity index (χ2v) is 9.89. The molecule has 0 aliphatic carbocycles. The Morgan fingerprint density at radius 3 is 2.21 bits per heavy atom. The number of imidazole rings is 1. The summed E-state index contributed by atoms with van der Waals surface area (Å²) in [5.41, 5.74) is 6.91. The number of hydrogen-bond donors (Lipinski definition) is 2. The summed E-state index contributed by atoms with van der Waals surface area (Å²) in [5.74, 6) is 0.151. The number of nitrogens with two attached hydrogens (primary N) is 1. The molecule has 0 bridgehead atoms. The smallest absolute Gasteiger partial charge is 0.342 e. The van der Waals surface area contributed by atoms with Gasteiger partial charge in [0.1, 0.15) is 30.0 Å². The van der Waals surface area contributed by atoms with E-state index in [1.54, 1.807) is 55.9 Å². The van der Waals surface area contributed by atoms with E-state index in [1.165, 1.54) is 6.33 Å². The summed E-state index contributed by atoms with van der Waals surface area (Å²) >= 11 is 0. The van der Waals surface area contributed by atoms with Gasteiger partial charge in [0.2, 0.25) is 0 Å². The Bertz CT molecular complexity index is 1130. The summed E-state index contributed by atoms with van der Waals surface area (Å²) in [5, 5.41) is 2.78. The predicted molar refractivity (Wildman–Crippen MR) is 158 cm³/mol. The van der Waals surface area contributed by atoms with Crippen LogP contribution in [0, 0.1) is 0 Å². The fourth-order valence-electron chi connectivity index (χ4n) is 3.01. The number of fused-ring (bicyclic) bond motifs is 1. The number of para-hydroxylation sites is 1. The first-order valence-corrected chi connectivity index (χ1v) is 15.3. The molecule has 2 heterocycles. The Kier molecular flexibility index (Phi) is 17.6. The molecule has 0 fully saturated rings. The fraction of sp³-hybridized carbons (Fsp3) is 0.556. The lowest BCUT2D eigenvalue weighted by Crippen LogP contribution is -2.37. The van der Waals surface area contributed by atoms with Crippen molar-refractivity contribution >= 4 is 30.5 Å². The van der Waals surface area contributed by atoms with Crippen LogP contribution in [-0.2, 0) is 25.4 Å². The van der Waals surface area contributed by atoms with Gasteiger partial charge in [0.25, 0.3) is 0 Å². The molecular weight excluding hydrogens is 519 g/mol. The summed E-state index contributed by atoms with van der Waals surface area (Å²) < 4.78 is 32.2. The van der Waals surface area contributed by atoms with Crippen LogP contribution in [0.25, 0.3) is 11.2 Å². The number of rotatable bonds is 11. The molecule has 12 heteroatoms. The molecule has 0 aliphatic rings. The molecule has 0 spiro atoms. The number of carbonyl (C=O) groups excluding carboxylic acids is 1. The summed E-state index contributed by atoms with van der Waals surface area (Å²) in [7, 11) is -3.64. The van der Waals surface area contributed by atoms with Gasteiger partial charge in [-0.15, -0.1) is 0 Å². The molecule has 39 heavy (non-hydrogen) atoms. The minimum atomic E-state index is -3.64. The van der Waals surface area contributed by atoms with Gasteiger partial charge in [-0.1, -0.05) is 59.7 Å². The second kappa shape index (κ2) is 19.1. The van der Waals surface area contributed by atoms with Crippen LogP contribution >= 0.6 is 7.52 Å². The largest absolute Gasteiger partial charge is 0.462 e. The number of nitrogen functional groups attached to an aromatic ring is 1. The zero-order valence-corrected chi connectivity index (χ0v) is 25.9. The molecule has 220 valence electrons. The Balaban J connectivity index is 0.00000225. The lowest BCUT2D eigenvalue weighted by atomic mass is 10.3. The predicted octanol–water partition coefficient (Wildman–Crippen LogP) is 6.05. The average molecular weight is 567 g/mol. The Morgan fingerprint density at radius 1 is 1.00 bits per heavy atom. The molecule has 2 aromatic heterocycles. The van der Waals surface area contributed by atoms with Crippen molar-refractivity contribution in [1.29, 1.82) is 0 Å². The summed E-state index contributed by atoms with van der Waals surface area (Å²) in [4.78, 5) is 24.6. The Hall–Kier alpha value is -3.01. The van der Waals surface area contributed by atoms with E-state index in [1.807, 2.05) is 54.5 Å². The number of nitrogens with zero attached hydrogens (tertiary/aromatic N) is 4. The van der Waals surface area contributed by atoms with Gasteiger partial charge in [-0.25, -0.2) is 20.0 Å². The molecular formula is C27H47N6O5P. The number of hydrogen-bond acceptors (Lipinski definition) is 9. The van der Waals surface area contributed by atoms with Crippen LogP contribution in [0.1, 0.15) is 69.2 Å². The first kappa shape index (κ1) is 36.0. The number of carbonyl (C=O) groups is 1. The molecule has 3 rings (SSSR count). The average Bonchev–Trinajstić information content (AvgIpc) is 3.35. The van der Waals surface area contributed by atoms with Gasteiger partial charge < -0.3 is 24.3 Å². The third-order valence-corrected chi connectivity index (χ3v) is 6.28. The monoisotopic (exact) mass is 566 g/mol. The van der Waals surface area contributed by atoms with Crippen LogP contribution in [0.3, 0.4) is 0 Å². The third-order valence-electron chi connectivity index (χ3n) is 4.50. The first-order valence-electron chi connectivity index (χ1n) is 13.5. The Labute approximate surface area is 233 Å². The number of nitrogens with one attached hydrogen (secondary N) is 1. The van der Waals surface area contributed by atoms with E-state index in [-0.39, 0.29) is 18.6 Å². The van der Waals surface area contributed by atoms with Crippen LogP contribution in [0.5, 0.6) is 5.75 Å². The van der Waals surface area contributed by atoms with Crippen molar-refractivity contribution in [2.75, 3.05) is 12.1 Å². The van der Waals surface area contributed by atoms with Gasteiger partial charge >= 0.3 is 13.5 Å². The molecule has 0 amide bonds. The standard InChI is InChI=1S/C21H29N6O5P.3C2H6/c1-14(2)31-21(28)16(4)26-33(29,32-17-8-6-5-7-9-17)13-30-15(3)10-27-12-25-18-19(22)23-11-24-20(18)27;3*1-2/h5-9,11-12,14-16H,10,13H2,1-4H3,(H,26,29)(H2,22,23,24);3*1-2H3/t15-,16+,33+;;;/m1.../s1. The maximum absolute atomic E-state index is 13.6. The second-order valence-electron chi connectivity index (χ2n) is 7.85. The van der Waals surface area contributed by atoms with Gasteiger partial charge in [-0.05, 0) is 39.8 Å². The van der Waals surface area contributed by atoms with Crippen LogP contribution in [0.15, 0.2) is 43.0 Å². The van der Waals surface area contributed by atoms with Gasteiger partial charge in [0, 0.05) is 0 Å². The van der Waals surface area contributed by atoms with Crippen LogP contribution in [0.4, 0.5) is 5.82 Å². The molecule has 3 aromatic rings. The van der Waals surface area contributed by atoms with E-state index in [0.29, 0.717) is 29.3 Å². The number of ether oxygens (including phenoxy) is 2. The maximum atomic E-state index is 13.6. The Morgan fingerprint density at radius 2 is 1.62 bits per heavy atom. The molecule has 11 nitrogen and oxygen atoms in total. The van der Waals surface area contributed by atoms with Gasteiger partial charge in [0.05, 0.1) is 25.1 Å². The normalized spacial score (nSPS) is 13.3. The molecule has 0 saturated carbocycles. The lowest BCUT2D eigenvalue weighted by Gasteiger charge is -2.25. The summed E-state index contributed by atoms with van der Waals surface area (Å²) in [6.07, 6.45) is 2.01. The molecule has 0 aliphatic heterocycles. The zero-order valence-electron chi connectivity index (χ0n) is 25.0. The molecule has 0 saturated heterocycles. The number of esters is 1. The van der Waals surface area contributed by atoms with E-state index in [0.717, 1.165) is 0 Å². The van der Waals surface area contributed by atoms with Crippen molar-refractivity contribution in [3.05, 3.63) is 43.0 Å². The molecule has 3 N–H and O–H groups in total. The van der Waals surface area contributed by atoms with E-state index in [2.05, 4.69) is 20.0 Å². The van der Waals surface area contributed by atoms with Crippen molar-refractivity contribution in [3.63, 3.8) is 0 Å². The zero-order chi connectivity index (χ0) is 30.0. The molecule has 3 atom stereocenters. The maximum Gasteiger partial charge on any atom is 0.342 e. The number of benzene rings is 1. The highest BCUT2D eigenvalue weighted by Crippen LogP contribution is 2.44. The highest BCUT2D eigenvalue weighted by molar-refractivity contribution is 7.57. The van der Waals surface area contributed by atoms with Crippen molar-refractivity contribution in [3.8, 4) is 5.75 Å². The minimum absolute atomic E-state index is 0.272. The van der Waals surface area contributed by atoms with E-state index >= 15 is 0 Å². The minimum Gasteiger partial charge on any atom is -0.462 e. The lowest BCUT2D eigenvalue weighted by molar-refractivity contribution is -0.149. The van der Waals surface area contributed by atoms with E-state index in [4.69, 9.17) is 19.7 Å². The van der Waals surface area contributed by atoms with Crippen molar-refractivity contribution in [2.24, 2.45) is 0 Å². The number of anilines is 1. The molecule has 0 unspecified atom stereocenters. The third kappa shape index (κ3) is 12.1. The van der Waals surface area contributed by atoms with Crippen LogP contribution < -0.4 is 15.3 Å². The van der Waals surface area contributed by atoms with E-state index < -0.39 is 19.5 Å². The van der Waals surface area contributed by atoms with E-state index in [9.17, 15) is 9.36 Å². The van der Waals surface area contributed by atoms with Crippen molar-refractivity contribution < 1.29 is 23.4 Å². The highest BCUT2D eigenvalue weighted by atomic mass is 31.2. The summed E-state index contributed by atoms with van der Waals surface area (Å²) in [6.45, 7) is 19.3. The quantitative estimate of drug-likeness (QED) is 0.208. The first-order chi connectivity index (χ1) is 18.7. The topological polar surface area (TPSA) is 143 Å². The highest BCUT2D eigenvalue weighted by Gasteiger charge is 2.32. The van der Waals surface area contributed by atoms with Gasteiger partial charge in [-0.3, -0.25) is 9.36 Å². The fourth-order valence-corrected chi connectivity index (χ4v) is 4.80.